The number of aryl methyl sites for hydroxylation is 3. The zero-order valence-corrected chi connectivity index (χ0v) is 18.0. The van der Waals surface area contributed by atoms with Gasteiger partial charge in [-0.05, 0) is 31.9 Å². The van der Waals surface area contributed by atoms with E-state index in [0.29, 0.717) is 5.69 Å². The van der Waals surface area contributed by atoms with Crippen LogP contribution in [0, 0.1) is 13.8 Å². The maximum absolute atomic E-state index is 12.2. The van der Waals surface area contributed by atoms with Crippen LogP contribution >= 0.6 is 23.3 Å². The van der Waals surface area contributed by atoms with Crippen molar-refractivity contribution in [1.82, 2.24) is 19.5 Å². The van der Waals surface area contributed by atoms with Crippen molar-refractivity contribution in [3.8, 4) is 0 Å². The quantitative estimate of drug-likeness (QED) is 0.534. The van der Waals surface area contributed by atoms with Crippen LogP contribution < -0.4 is 9.62 Å². The number of nitrogens with zero attached hydrogens (tertiary/aromatic N) is 4. The van der Waals surface area contributed by atoms with Crippen LogP contribution in [0.25, 0.3) is 0 Å². The van der Waals surface area contributed by atoms with Crippen molar-refractivity contribution in [2.75, 3.05) is 17.7 Å². The molecule has 2 aromatic heterocycles. The summed E-state index contributed by atoms with van der Waals surface area (Å²) in [5, 5.41) is 5.33. The molecule has 3 aromatic rings. The second-order valence-corrected chi connectivity index (χ2v) is 8.31. The molecule has 0 aliphatic rings. The molecule has 0 radical (unpaired) electrons. The van der Waals surface area contributed by atoms with Crippen LogP contribution in [0.1, 0.15) is 33.0 Å². The number of carbonyl (C=O) groups excluding carboxylic acids is 1. The lowest BCUT2D eigenvalue weighted by Gasteiger charge is -2.22. The van der Waals surface area contributed by atoms with Gasteiger partial charge in [0.15, 0.2) is 5.13 Å². The molecule has 0 spiro atoms. The lowest BCUT2D eigenvalue weighted by Crippen LogP contribution is -2.25. The van der Waals surface area contributed by atoms with E-state index in [0.717, 1.165) is 41.8 Å². The van der Waals surface area contributed by atoms with Gasteiger partial charge in [-0.2, -0.15) is 5.10 Å². The predicted octanol–water partition coefficient (Wildman–Crippen LogP) is 4.06. The van der Waals surface area contributed by atoms with E-state index in [9.17, 15) is 4.79 Å². The first-order chi connectivity index (χ1) is 13.6. The number of thiazole rings is 1. The van der Waals surface area contributed by atoms with Gasteiger partial charge in [0, 0.05) is 37.0 Å². The van der Waals surface area contributed by atoms with Crippen LogP contribution in [0.5, 0.6) is 0 Å². The molecule has 0 aliphatic carbocycles. The van der Waals surface area contributed by atoms with Gasteiger partial charge >= 0.3 is 0 Å². The molecule has 6 nitrogen and oxygen atoms in total. The van der Waals surface area contributed by atoms with Crippen LogP contribution in [0.3, 0.4) is 0 Å². The average Bonchev–Trinajstić information content (AvgIpc) is 3.27. The smallest absolute Gasteiger partial charge is 0.280 e. The van der Waals surface area contributed by atoms with Crippen molar-refractivity contribution in [3.63, 3.8) is 0 Å². The van der Waals surface area contributed by atoms with E-state index in [1.165, 1.54) is 17.5 Å². The lowest BCUT2D eigenvalue weighted by molar-refractivity contribution is 0.0980. The summed E-state index contributed by atoms with van der Waals surface area (Å²) < 4.78 is 4.74. The first-order valence-electron chi connectivity index (χ1n) is 9.16. The van der Waals surface area contributed by atoms with Crippen molar-refractivity contribution in [1.29, 1.82) is 0 Å². The summed E-state index contributed by atoms with van der Waals surface area (Å²) >= 11 is 2.86. The van der Waals surface area contributed by atoms with Crippen LogP contribution in [-0.2, 0) is 13.1 Å². The molecule has 0 atom stereocenters. The monoisotopic (exact) mass is 415 g/mol. The Balaban J connectivity index is 1.75. The summed E-state index contributed by atoms with van der Waals surface area (Å²) in [7, 11) is 0. The highest BCUT2D eigenvalue weighted by Gasteiger charge is 2.19. The molecule has 28 heavy (non-hydrogen) atoms. The minimum Gasteiger partial charge on any atom is -0.344 e. The molecular formula is C20H25N5OS2. The fourth-order valence-corrected chi connectivity index (χ4v) is 4.14. The topological polar surface area (TPSA) is 63.1 Å². The van der Waals surface area contributed by atoms with E-state index >= 15 is 0 Å². The molecule has 0 unspecified atom stereocenters. The second kappa shape index (κ2) is 9.75. The molecule has 0 fully saturated rings. The van der Waals surface area contributed by atoms with Crippen molar-refractivity contribution >= 4 is 34.3 Å². The lowest BCUT2D eigenvalue weighted by atomic mass is 10.2. The van der Waals surface area contributed by atoms with Gasteiger partial charge in [0.1, 0.15) is 5.69 Å². The standard InChI is InChI=1S/C20H25N5OS2/c1-15-10-13-25(22-15)12-7-11-24(14-17-8-5-4-6-9-17)20-21-18(16(2)28-20)19(26)23-27-3/h4-6,8-10,13H,7,11-12,14H2,1-3H3,(H,23,26). The summed E-state index contributed by atoms with van der Waals surface area (Å²) in [5.74, 6) is -0.140. The highest BCUT2D eigenvalue weighted by Crippen LogP contribution is 2.27. The average molecular weight is 416 g/mol. The Bertz CT molecular complexity index is 906. The molecule has 0 bridgehead atoms. The normalized spacial score (nSPS) is 10.8. The number of hydrogen-bond acceptors (Lipinski definition) is 6. The van der Waals surface area contributed by atoms with Crippen LogP contribution in [0.4, 0.5) is 5.13 Å². The van der Waals surface area contributed by atoms with E-state index in [1.807, 2.05) is 55.2 Å². The number of carbonyl (C=O) groups is 1. The van der Waals surface area contributed by atoms with Crippen LogP contribution in [0.15, 0.2) is 42.6 Å². The second-order valence-electron chi connectivity index (χ2n) is 6.52. The van der Waals surface area contributed by atoms with Crippen LogP contribution in [-0.4, -0.2) is 33.5 Å². The number of anilines is 1. The summed E-state index contributed by atoms with van der Waals surface area (Å²) in [5.41, 5.74) is 2.76. The molecule has 1 amide bonds. The Hall–Kier alpha value is -2.32. The summed E-state index contributed by atoms with van der Waals surface area (Å²) in [6.45, 7) is 6.39. The summed E-state index contributed by atoms with van der Waals surface area (Å²) in [6.07, 6.45) is 4.79. The molecular weight excluding hydrogens is 390 g/mol. The van der Waals surface area contributed by atoms with Gasteiger partial charge in [0.05, 0.1) is 5.69 Å². The van der Waals surface area contributed by atoms with E-state index in [-0.39, 0.29) is 5.91 Å². The van der Waals surface area contributed by atoms with E-state index in [2.05, 4.69) is 31.8 Å². The van der Waals surface area contributed by atoms with E-state index in [4.69, 9.17) is 0 Å². The van der Waals surface area contributed by atoms with Gasteiger partial charge in [-0.15, -0.1) is 11.3 Å². The zero-order valence-electron chi connectivity index (χ0n) is 16.4. The first kappa shape index (κ1) is 20.4. The molecule has 0 saturated heterocycles. The fraction of sp³-hybridized carbons (Fsp3) is 0.350. The van der Waals surface area contributed by atoms with Gasteiger partial charge in [0.25, 0.3) is 5.91 Å². The highest BCUT2D eigenvalue weighted by molar-refractivity contribution is 7.97. The van der Waals surface area contributed by atoms with E-state index < -0.39 is 0 Å². The van der Waals surface area contributed by atoms with Crippen molar-refractivity contribution in [2.24, 2.45) is 0 Å². The Morgan fingerprint density at radius 1 is 1.25 bits per heavy atom. The Labute approximate surface area is 174 Å². The molecule has 8 heteroatoms. The number of nitrogens with one attached hydrogen (secondary N) is 1. The third kappa shape index (κ3) is 5.36. The minimum atomic E-state index is -0.140. The molecule has 1 aromatic carbocycles. The van der Waals surface area contributed by atoms with Gasteiger partial charge in [-0.3, -0.25) is 14.2 Å². The predicted molar refractivity (Wildman–Crippen MR) is 117 cm³/mol. The molecule has 0 saturated carbocycles. The highest BCUT2D eigenvalue weighted by atomic mass is 32.2. The third-order valence-corrected chi connectivity index (χ3v) is 5.69. The summed E-state index contributed by atoms with van der Waals surface area (Å²) in [4.78, 5) is 20.1. The van der Waals surface area contributed by atoms with Gasteiger partial charge < -0.3 is 4.90 Å². The SMILES string of the molecule is CSNC(=O)c1nc(N(CCCn2ccc(C)n2)Cc2ccccc2)sc1C. The third-order valence-electron chi connectivity index (χ3n) is 4.27. The number of hydrogen-bond donors (Lipinski definition) is 1. The molecule has 1 N–H and O–H groups in total. The summed E-state index contributed by atoms with van der Waals surface area (Å²) in [6, 6.07) is 12.4. The number of amides is 1. The number of rotatable bonds is 9. The van der Waals surface area contributed by atoms with Gasteiger partial charge in [0.2, 0.25) is 0 Å². The van der Waals surface area contributed by atoms with Gasteiger partial charge in [-0.1, -0.05) is 42.3 Å². The Morgan fingerprint density at radius 3 is 2.71 bits per heavy atom. The van der Waals surface area contributed by atoms with Crippen molar-refractivity contribution in [3.05, 3.63) is 64.4 Å². The largest absolute Gasteiger partial charge is 0.344 e. The van der Waals surface area contributed by atoms with E-state index in [1.54, 1.807) is 11.3 Å². The first-order valence-corrected chi connectivity index (χ1v) is 11.2. The zero-order chi connectivity index (χ0) is 19.9. The number of aromatic nitrogens is 3. The molecule has 2 heterocycles. The molecule has 148 valence electrons. The van der Waals surface area contributed by atoms with Crippen LogP contribution in [0.2, 0.25) is 0 Å². The fourth-order valence-electron chi connectivity index (χ4n) is 2.93. The molecule has 0 aliphatic heterocycles. The maximum Gasteiger partial charge on any atom is 0.280 e. The minimum absolute atomic E-state index is 0.140. The Morgan fingerprint density at radius 2 is 2.04 bits per heavy atom. The number of benzene rings is 1. The maximum atomic E-state index is 12.2. The van der Waals surface area contributed by atoms with Crippen molar-refractivity contribution in [2.45, 2.75) is 33.4 Å². The Kier molecular flexibility index (Phi) is 7.11. The van der Waals surface area contributed by atoms with Crippen molar-refractivity contribution < 1.29 is 4.79 Å². The molecule has 3 rings (SSSR count). The van der Waals surface area contributed by atoms with Gasteiger partial charge in [-0.25, -0.2) is 4.98 Å².